The summed E-state index contributed by atoms with van der Waals surface area (Å²) in [6, 6.07) is 14.2. The smallest absolute Gasteiger partial charge is 0.280 e. The van der Waals surface area contributed by atoms with Gasteiger partial charge in [-0.1, -0.05) is 12.1 Å². The monoisotopic (exact) mass is 467 g/mol. The first-order valence-electron chi connectivity index (χ1n) is 9.99. The van der Waals surface area contributed by atoms with Gasteiger partial charge in [-0.05, 0) is 48.4 Å². The number of aromatic nitrogens is 1. The van der Waals surface area contributed by atoms with E-state index >= 15 is 0 Å². The van der Waals surface area contributed by atoms with E-state index in [4.69, 9.17) is 9.47 Å². The Morgan fingerprint density at radius 1 is 0.970 bits per heavy atom. The van der Waals surface area contributed by atoms with E-state index in [1.165, 1.54) is 32.5 Å². The number of carbonyl (C=O) groups excluding carboxylic acids is 2. The van der Waals surface area contributed by atoms with Crippen LogP contribution in [0.15, 0.2) is 65.7 Å². The number of ether oxygens (including phenoxy) is 2. The highest BCUT2D eigenvalue weighted by Crippen LogP contribution is 2.31. The van der Waals surface area contributed by atoms with E-state index in [1.807, 2.05) is 0 Å². The van der Waals surface area contributed by atoms with E-state index < -0.39 is 15.9 Å². The van der Waals surface area contributed by atoms with Gasteiger partial charge < -0.3 is 9.47 Å². The lowest BCUT2D eigenvalue weighted by Crippen LogP contribution is -2.31. The summed E-state index contributed by atoms with van der Waals surface area (Å²) in [5.41, 5.74) is 1.51. The summed E-state index contributed by atoms with van der Waals surface area (Å²) >= 11 is 0. The first-order chi connectivity index (χ1) is 15.8. The molecule has 2 amide bonds. The average Bonchev–Trinajstić information content (AvgIpc) is 3.07. The molecule has 2 aromatic carbocycles. The van der Waals surface area contributed by atoms with Crippen molar-refractivity contribution < 1.29 is 27.5 Å². The van der Waals surface area contributed by atoms with Gasteiger partial charge in [0.25, 0.3) is 21.8 Å². The third-order valence-corrected chi connectivity index (χ3v) is 6.62. The van der Waals surface area contributed by atoms with Gasteiger partial charge in [-0.2, -0.15) is 0 Å². The number of sulfonamides is 1. The fourth-order valence-electron chi connectivity index (χ4n) is 3.48. The number of fused-ring (bicyclic) bond motifs is 1. The van der Waals surface area contributed by atoms with E-state index in [0.717, 1.165) is 10.5 Å². The Kier molecular flexibility index (Phi) is 6.01. The molecule has 0 aliphatic carbocycles. The number of rotatable bonds is 8. The standard InChI is InChI=1S/C23H21N3O6S/c1-31-16-7-10-19(20(14-16)32-2)25-33(29,30)17-8-5-15(6-9-17)11-13-26-22(27)18-4-3-12-24-21(18)23(26)28/h3-10,12,14,25H,11,13H2,1-2H3. The zero-order valence-corrected chi connectivity index (χ0v) is 18.8. The van der Waals surface area contributed by atoms with Crippen molar-refractivity contribution in [3.05, 3.63) is 77.6 Å². The van der Waals surface area contributed by atoms with Crippen LogP contribution >= 0.6 is 0 Å². The van der Waals surface area contributed by atoms with E-state index in [9.17, 15) is 18.0 Å². The number of pyridine rings is 1. The van der Waals surface area contributed by atoms with Crippen LogP contribution in [0.4, 0.5) is 5.69 Å². The fourth-order valence-corrected chi connectivity index (χ4v) is 4.55. The predicted octanol–water partition coefficient (Wildman–Crippen LogP) is 2.74. The summed E-state index contributed by atoms with van der Waals surface area (Å²) in [5, 5.41) is 0. The normalized spacial score (nSPS) is 13.1. The van der Waals surface area contributed by atoms with E-state index in [0.29, 0.717) is 23.5 Å². The third-order valence-electron chi connectivity index (χ3n) is 5.24. The number of nitrogens with zero attached hydrogens (tertiary/aromatic N) is 2. The second-order valence-electron chi connectivity index (χ2n) is 7.23. The van der Waals surface area contributed by atoms with Gasteiger partial charge in [0.2, 0.25) is 0 Å². The van der Waals surface area contributed by atoms with Gasteiger partial charge in [-0.3, -0.25) is 24.2 Å². The summed E-state index contributed by atoms with van der Waals surface area (Å²) in [4.78, 5) is 30.1. The molecule has 1 aliphatic heterocycles. The van der Waals surface area contributed by atoms with E-state index in [-0.39, 0.29) is 28.7 Å². The molecule has 1 N–H and O–H groups in total. The molecule has 1 aromatic heterocycles. The average molecular weight is 468 g/mol. The van der Waals surface area contributed by atoms with Crippen molar-refractivity contribution >= 4 is 27.5 Å². The second kappa shape index (κ2) is 8.91. The molecule has 2 heterocycles. The Balaban J connectivity index is 1.44. The fraction of sp³-hybridized carbons (Fsp3) is 0.174. The van der Waals surface area contributed by atoms with Crippen LogP contribution in [-0.2, 0) is 16.4 Å². The van der Waals surface area contributed by atoms with Crippen LogP contribution < -0.4 is 14.2 Å². The number of methoxy groups -OCH3 is 2. The van der Waals surface area contributed by atoms with Crippen LogP contribution in [0, 0.1) is 0 Å². The maximum absolute atomic E-state index is 12.8. The molecule has 0 radical (unpaired) electrons. The van der Waals surface area contributed by atoms with Crippen molar-refractivity contribution in [2.75, 3.05) is 25.5 Å². The van der Waals surface area contributed by atoms with Crippen molar-refractivity contribution in [3.8, 4) is 11.5 Å². The van der Waals surface area contributed by atoms with Crippen LogP contribution in [0.25, 0.3) is 0 Å². The minimum absolute atomic E-state index is 0.0639. The Morgan fingerprint density at radius 2 is 1.73 bits per heavy atom. The lowest BCUT2D eigenvalue weighted by Gasteiger charge is -2.14. The Morgan fingerprint density at radius 3 is 2.39 bits per heavy atom. The predicted molar refractivity (Wildman–Crippen MR) is 120 cm³/mol. The Hall–Kier alpha value is -3.92. The molecule has 0 saturated heterocycles. The summed E-state index contributed by atoms with van der Waals surface area (Å²) in [6.45, 7) is 0.168. The van der Waals surface area contributed by atoms with Gasteiger partial charge >= 0.3 is 0 Å². The lowest BCUT2D eigenvalue weighted by molar-refractivity contribution is 0.0654. The van der Waals surface area contributed by atoms with Crippen LogP contribution in [-0.4, -0.2) is 50.9 Å². The second-order valence-corrected chi connectivity index (χ2v) is 8.91. The molecular weight excluding hydrogens is 446 g/mol. The minimum Gasteiger partial charge on any atom is -0.497 e. The molecule has 9 nitrogen and oxygen atoms in total. The van der Waals surface area contributed by atoms with Gasteiger partial charge in [-0.15, -0.1) is 0 Å². The quantitative estimate of drug-likeness (QED) is 0.507. The molecule has 0 atom stereocenters. The first-order valence-corrected chi connectivity index (χ1v) is 11.5. The molecule has 33 heavy (non-hydrogen) atoms. The number of hydrogen-bond acceptors (Lipinski definition) is 7. The van der Waals surface area contributed by atoms with E-state index in [1.54, 1.807) is 42.5 Å². The summed E-state index contributed by atoms with van der Waals surface area (Å²) in [7, 11) is -0.923. The topological polar surface area (TPSA) is 115 Å². The molecule has 0 saturated carbocycles. The number of anilines is 1. The number of benzene rings is 2. The van der Waals surface area contributed by atoms with Crippen molar-refractivity contribution in [1.82, 2.24) is 9.88 Å². The first kappa shape index (κ1) is 22.3. The van der Waals surface area contributed by atoms with Crippen LogP contribution in [0.5, 0.6) is 11.5 Å². The number of imide groups is 1. The van der Waals surface area contributed by atoms with Gasteiger partial charge in [0, 0.05) is 18.8 Å². The molecule has 0 fully saturated rings. The van der Waals surface area contributed by atoms with Gasteiger partial charge in [-0.25, -0.2) is 8.42 Å². The molecule has 0 bridgehead atoms. The van der Waals surface area contributed by atoms with Crippen molar-refractivity contribution in [2.24, 2.45) is 0 Å². The van der Waals surface area contributed by atoms with Crippen molar-refractivity contribution in [1.29, 1.82) is 0 Å². The number of nitrogens with one attached hydrogen (secondary N) is 1. The van der Waals surface area contributed by atoms with Gasteiger partial charge in [0.05, 0.1) is 30.4 Å². The lowest BCUT2D eigenvalue weighted by atomic mass is 10.1. The highest BCUT2D eigenvalue weighted by Gasteiger charge is 2.36. The number of amides is 2. The maximum Gasteiger partial charge on any atom is 0.280 e. The van der Waals surface area contributed by atoms with Gasteiger partial charge in [0.1, 0.15) is 17.2 Å². The molecule has 1 aliphatic rings. The number of hydrogen-bond donors (Lipinski definition) is 1. The SMILES string of the molecule is COc1ccc(NS(=O)(=O)c2ccc(CCN3C(=O)c4cccnc4C3=O)cc2)c(OC)c1. The summed E-state index contributed by atoms with van der Waals surface area (Å²) in [6.07, 6.45) is 1.85. The van der Waals surface area contributed by atoms with Crippen molar-refractivity contribution in [2.45, 2.75) is 11.3 Å². The number of carbonyl (C=O) groups is 2. The Bertz CT molecular complexity index is 1290. The molecule has 0 spiro atoms. The zero-order chi connectivity index (χ0) is 23.6. The molecule has 10 heteroatoms. The molecule has 0 unspecified atom stereocenters. The highest BCUT2D eigenvalue weighted by molar-refractivity contribution is 7.92. The van der Waals surface area contributed by atoms with Crippen molar-refractivity contribution in [3.63, 3.8) is 0 Å². The molecule has 3 aromatic rings. The van der Waals surface area contributed by atoms with E-state index in [2.05, 4.69) is 9.71 Å². The van der Waals surface area contributed by atoms with Crippen LogP contribution in [0.2, 0.25) is 0 Å². The maximum atomic E-state index is 12.8. The Labute approximate surface area is 191 Å². The zero-order valence-electron chi connectivity index (χ0n) is 17.9. The molecule has 170 valence electrons. The largest absolute Gasteiger partial charge is 0.497 e. The molecule has 4 rings (SSSR count). The highest BCUT2D eigenvalue weighted by atomic mass is 32.2. The van der Waals surface area contributed by atoms with Crippen LogP contribution in [0.3, 0.4) is 0 Å². The summed E-state index contributed by atoms with van der Waals surface area (Å²) < 4.78 is 38.5. The van der Waals surface area contributed by atoms with Crippen LogP contribution in [0.1, 0.15) is 26.4 Å². The third kappa shape index (κ3) is 4.37. The van der Waals surface area contributed by atoms with Gasteiger partial charge in [0.15, 0.2) is 0 Å². The minimum atomic E-state index is -3.86. The molecular formula is C23H21N3O6S. The summed E-state index contributed by atoms with van der Waals surface area (Å²) in [5.74, 6) is 0.0605.